The number of hydrogen-bond acceptors (Lipinski definition) is 3. The Morgan fingerprint density at radius 2 is 1.33 bits per heavy atom. The fourth-order valence-electron chi connectivity index (χ4n) is 3.04. The van der Waals surface area contributed by atoms with Crippen LogP contribution in [0.4, 0.5) is 0 Å². The van der Waals surface area contributed by atoms with Crippen LogP contribution in [0.5, 0.6) is 0 Å². The maximum atomic E-state index is 11.9. The molecule has 0 heterocycles. The maximum absolute atomic E-state index is 11.9. The quantitative estimate of drug-likeness (QED) is 0.241. The summed E-state index contributed by atoms with van der Waals surface area (Å²) in [5, 5.41) is 0. The molecule has 144 valence electrons. The zero-order valence-electron chi connectivity index (χ0n) is 16.5. The Balaban J connectivity index is 3.51. The van der Waals surface area contributed by atoms with Gasteiger partial charge in [0, 0.05) is 6.42 Å². The normalized spacial score (nSPS) is 12.3. The monoisotopic (exact) mass is 341 g/mol. The molecule has 0 aliphatic heterocycles. The van der Waals surface area contributed by atoms with Crippen molar-refractivity contribution in [2.45, 2.75) is 123 Å². The Hall–Kier alpha value is -0.570. The molecule has 0 aromatic heterocycles. The van der Waals surface area contributed by atoms with E-state index in [4.69, 9.17) is 10.5 Å². The lowest BCUT2D eigenvalue weighted by Crippen LogP contribution is -2.17. The lowest BCUT2D eigenvalue weighted by Gasteiger charge is -2.16. The molecule has 0 saturated heterocycles. The van der Waals surface area contributed by atoms with Gasteiger partial charge in [-0.3, -0.25) is 4.79 Å². The van der Waals surface area contributed by atoms with E-state index in [-0.39, 0.29) is 12.1 Å². The molecule has 0 bridgehead atoms. The van der Waals surface area contributed by atoms with Crippen molar-refractivity contribution in [2.24, 2.45) is 5.73 Å². The van der Waals surface area contributed by atoms with E-state index in [1.807, 2.05) is 0 Å². The lowest BCUT2D eigenvalue weighted by molar-refractivity contribution is -0.149. The fourth-order valence-corrected chi connectivity index (χ4v) is 3.04. The second-order valence-electron chi connectivity index (χ2n) is 7.09. The molecule has 0 radical (unpaired) electrons. The number of carbonyl (C=O) groups is 1. The molecule has 0 aromatic rings. The van der Waals surface area contributed by atoms with Gasteiger partial charge in [-0.25, -0.2) is 0 Å². The molecule has 0 aliphatic rings. The summed E-state index contributed by atoms with van der Waals surface area (Å²) < 4.78 is 5.63. The van der Waals surface area contributed by atoms with Crippen molar-refractivity contribution < 1.29 is 9.53 Å². The molecule has 3 nitrogen and oxygen atoms in total. The van der Waals surface area contributed by atoms with Gasteiger partial charge in [0.05, 0.1) is 0 Å². The molecule has 1 unspecified atom stereocenters. The van der Waals surface area contributed by atoms with Gasteiger partial charge >= 0.3 is 5.97 Å². The summed E-state index contributed by atoms with van der Waals surface area (Å²) in [7, 11) is 0. The van der Waals surface area contributed by atoms with Crippen LogP contribution in [0.2, 0.25) is 0 Å². The molecule has 24 heavy (non-hydrogen) atoms. The Bertz CT molecular complexity index is 269. The Kier molecular flexibility index (Phi) is 18.3. The summed E-state index contributed by atoms with van der Waals surface area (Å²) in [6, 6.07) is 0. The highest BCUT2D eigenvalue weighted by atomic mass is 16.5. The molecule has 0 amide bonds. The molecule has 0 fully saturated rings. The van der Waals surface area contributed by atoms with Crippen LogP contribution in [0.15, 0.2) is 0 Å². The summed E-state index contributed by atoms with van der Waals surface area (Å²) >= 11 is 0. The average Bonchev–Trinajstić information content (AvgIpc) is 2.59. The van der Waals surface area contributed by atoms with Gasteiger partial charge in [-0.1, -0.05) is 78.1 Å². The van der Waals surface area contributed by atoms with Gasteiger partial charge in [-0.2, -0.15) is 0 Å². The summed E-state index contributed by atoms with van der Waals surface area (Å²) in [6.45, 7) is 5.17. The first-order valence-corrected chi connectivity index (χ1v) is 10.6. The van der Waals surface area contributed by atoms with E-state index in [2.05, 4.69) is 13.8 Å². The predicted molar refractivity (Wildman–Crippen MR) is 104 cm³/mol. The number of ether oxygens (including phenoxy) is 1. The molecule has 2 N–H and O–H groups in total. The molecule has 0 aliphatic carbocycles. The van der Waals surface area contributed by atoms with Gasteiger partial charge in [0.2, 0.25) is 0 Å². The standard InChI is InChI=1S/C21H43NO2/c1-3-5-6-7-12-15-18-21(23)24-20(4-2)17-14-11-9-8-10-13-16-19-22/h20H,3-19,22H2,1-2H3. The molecule has 3 heteroatoms. The zero-order valence-corrected chi connectivity index (χ0v) is 16.5. The Labute approximate surface area is 151 Å². The summed E-state index contributed by atoms with van der Waals surface area (Å²) in [5.41, 5.74) is 5.50. The van der Waals surface area contributed by atoms with Gasteiger partial charge < -0.3 is 10.5 Å². The van der Waals surface area contributed by atoms with Gasteiger partial charge in [-0.15, -0.1) is 0 Å². The molecule has 0 spiro atoms. The van der Waals surface area contributed by atoms with E-state index in [9.17, 15) is 4.79 Å². The third-order valence-electron chi connectivity index (χ3n) is 4.72. The van der Waals surface area contributed by atoms with Crippen molar-refractivity contribution in [1.82, 2.24) is 0 Å². The number of esters is 1. The molecular formula is C21H43NO2. The van der Waals surface area contributed by atoms with E-state index in [1.165, 1.54) is 64.2 Å². The van der Waals surface area contributed by atoms with Gasteiger partial charge in [0.25, 0.3) is 0 Å². The van der Waals surface area contributed by atoms with Crippen molar-refractivity contribution in [3.8, 4) is 0 Å². The summed E-state index contributed by atoms with van der Waals surface area (Å²) in [4.78, 5) is 11.9. The van der Waals surface area contributed by atoms with Crippen LogP contribution in [0.25, 0.3) is 0 Å². The molecule has 0 aromatic carbocycles. The van der Waals surface area contributed by atoms with Gasteiger partial charge in [-0.05, 0) is 38.6 Å². The lowest BCUT2D eigenvalue weighted by atomic mass is 10.0. The highest BCUT2D eigenvalue weighted by Gasteiger charge is 2.12. The molecule has 0 rings (SSSR count). The summed E-state index contributed by atoms with van der Waals surface area (Å²) in [6.07, 6.45) is 18.8. The minimum atomic E-state index is 0.0131. The number of rotatable bonds is 18. The topological polar surface area (TPSA) is 52.3 Å². The van der Waals surface area contributed by atoms with Crippen molar-refractivity contribution in [3.63, 3.8) is 0 Å². The fraction of sp³-hybridized carbons (Fsp3) is 0.952. The molecule has 1 atom stereocenters. The van der Waals surface area contributed by atoms with Crippen molar-refractivity contribution in [3.05, 3.63) is 0 Å². The Morgan fingerprint density at radius 1 is 0.792 bits per heavy atom. The maximum Gasteiger partial charge on any atom is 0.306 e. The smallest absolute Gasteiger partial charge is 0.306 e. The molecular weight excluding hydrogens is 298 g/mol. The van der Waals surface area contributed by atoms with E-state index < -0.39 is 0 Å². The van der Waals surface area contributed by atoms with E-state index in [0.29, 0.717) is 6.42 Å². The van der Waals surface area contributed by atoms with Crippen LogP contribution < -0.4 is 5.73 Å². The first kappa shape index (κ1) is 23.4. The number of hydrogen-bond donors (Lipinski definition) is 1. The number of nitrogens with two attached hydrogens (primary N) is 1. The highest BCUT2D eigenvalue weighted by Crippen LogP contribution is 2.14. The van der Waals surface area contributed by atoms with E-state index in [1.54, 1.807) is 0 Å². The van der Waals surface area contributed by atoms with Crippen LogP contribution in [0.3, 0.4) is 0 Å². The van der Waals surface area contributed by atoms with Crippen molar-refractivity contribution >= 4 is 5.97 Å². The summed E-state index contributed by atoms with van der Waals surface area (Å²) in [5.74, 6) is 0.0131. The third kappa shape index (κ3) is 16.3. The average molecular weight is 342 g/mol. The minimum Gasteiger partial charge on any atom is -0.462 e. The van der Waals surface area contributed by atoms with Crippen LogP contribution in [0, 0.1) is 0 Å². The SMILES string of the molecule is CCCCCCCCC(=O)OC(CC)CCCCCCCCCN. The highest BCUT2D eigenvalue weighted by molar-refractivity contribution is 5.69. The van der Waals surface area contributed by atoms with Crippen molar-refractivity contribution in [2.75, 3.05) is 6.54 Å². The van der Waals surface area contributed by atoms with E-state index in [0.717, 1.165) is 38.6 Å². The second-order valence-corrected chi connectivity index (χ2v) is 7.09. The molecule has 0 saturated carbocycles. The van der Waals surface area contributed by atoms with Crippen LogP contribution in [-0.2, 0) is 9.53 Å². The number of unbranched alkanes of at least 4 members (excludes halogenated alkanes) is 11. The van der Waals surface area contributed by atoms with Crippen LogP contribution >= 0.6 is 0 Å². The zero-order chi connectivity index (χ0) is 17.9. The van der Waals surface area contributed by atoms with Crippen LogP contribution in [0.1, 0.15) is 117 Å². The van der Waals surface area contributed by atoms with Gasteiger partial charge in [0.15, 0.2) is 0 Å². The minimum absolute atomic E-state index is 0.0131. The largest absolute Gasteiger partial charge is 0.462 e. The predicted octanol–water partition coefficient (Wildman–Crippen LogP) is 6.14. The Morgan fingerprint density at radius 3 is 1.92 bits per heavy atom. The number of carbonyl (C=O) groups excluding carboxylic acids is 1. The first-order chi connectivity index (χ1) is 11.7. The van der Waals surface area contributed by atoms with Gasteiger partial charge in [0.1, 0.15) is 6.10 Å². The van der Waals surface area contributed by atoms with Crippen LogP contribution in [-0.4, -0.2) is 18.6 Å². The van der Waals surface area contributed by atoms with E-state index >= 15 is 0 Å². The first-order valence-electron chi connectivity index (χ1n) is 10.6. The third-order valence-corrected chi connectivity index (χ3v) is 4.72. The van der Waals surface area contributed by atoms with Crippen molar-refractivity contribution in [1.29, 1.82) is 0 Å². The second kappa shape index (κ2) is 18.8.